The summed E-state index contributed by atoms with van der Waals surface area (Å²) in [6.45, 7) is 2.06. The Kier molecular flexibility index (Phi) is 3.60. The topological polar surface area (TPSA) is 69.4 Å². The molecule has 0 N–H and O–H groups in total. The van der Waals surface area contributed by atoms with Gasteiger partial charge in [0, 0.05) is 12.1 Å². The fraction of sp³-hybridized carbons (Fsp3) is 0.211. The SMILES string of the molecule is Cc1ccc(-n2nnnc2-c2cnc(C3CC3)nc2-c2cccs2)cc1. The predicted molar refractivity (Wildman–Crippen MR) is 100 cm³/mol. The second-order valence-electron chi connectivity index (χ2n) is 6.49. The standard InChI is InChI=1S/C19H16N6S/c1-12-4-8-14(9-5-12)25-19(22-23-24-25)15-11-20-18(13-6-7-13)21-17(15)16-3-2-10-26-16/h2-5,8-11,13H,6-7H2,1H3. The van der Waals surface area contributed by atoms with Gasteiger partial charge in [-0.3, -0.25) is 0 Å². The quantitative estimate of drug-likeness (QED) is 0.549. The van der Waals surface area contributed by atoms with Crippen LogP contribution in [0.2, 0.25) is 0 Å². The van der Waals surface area contributed by atoms with E-state index in [-0.39, 0.29) is 0 Å². The van der Waals surface area contributed by atoms with E-state index in [1.165, 1.54) is 18.4 Å². The summed E-state index contributed by atoms with van der Waals surface area (Å²) >= 11 is 1.66. The van der Waals surface area contributed by atoms with Crippen molar-refractivity contribution >= 4 is 11.3 Å². The van der Waals surface area contributed by atoms with Gasteiger partial charge in [0.25, 0.3) is 0 Å². The minimum absolute atomic E-state index is 0.496. The summed E-state index contributed by atoms with van der Waals surface area (Å²) in [7, 11) is 0. The number of thiophene rings is 1. The van der Waals surface area contributed by atoms with Gasteiger partial charge in [0.1, 0.15) is 5.82 Å². The van der Waals surface area contributed by atoms with Crippen molar-refractivity contribution < 1.29 is 0 Å². The van der Waals surface area contributed by atoms with Crippen molar-refractivity contribution in [2.24, 2.45) is 0 Å². The first-order chi connectivity index (χ1) is 12.8. The molecule has 0 unspecified atom stereocenters. The summed E-state index contributed by atoms with van der Waals surface area (Å²) < 4.78 is 1.74. The molecule has 1 fully saturated rings. The second kappa shape index (κ2) is 6.10. The Balaban J connectivity index is 1.67. The molecule has 7 heteroatoms. The Morgan fingerprint density at radius 3 is 2.69 bits per heavy atom. The molecular formula is C19H16N6S. The van der Waals surface area contributed by atoms with Crippen LogP contribution in [0.5, 0.6) is 0 Å². The van der Waals surface area contributed by atoms with Crippen LogP contribution in [0.15, 0.2) is 48.0 Å². The van der Waals surface area contributed by atoms with Crippen molar-refractivity contribution in [3.05, 3.63) is 59.4 Å². The first-order valence-corrected chi connectivity index (χ1v) is 9.44. The first-order valence-electron chi connectivity index (χ1n) is 8.56. The van der Waals surface area contributed by atoms with Crippen LogP contribution in [0.3, 0.4) is 0 Å². The molecule has 0 radical (unpaired) electrons. The van der Waals surface area contributed by atoms with Crippen LogP contribution in [-0.4, -0.2) is 30.2 Å². The summed E-state index contributed by atoms with van der Waals surface area (Å²) in [6.07, 6.45) is 4.21. The average molecular weight is 360 g/mol. The largest absolute Gasteiger partial charge is 0.240 e. The minimum Gasteiger partial charge on any atom is -0.240 e. The number of aromatic nitrogens is 6. The Labute approximate surface area is 154 Å². The van der Waals surface area contributed by atoms with Gasteiger partial charge in [-0.25, -0.2) is 9.97 Å². The molecular weight excluding hydrogens is 344 g/mol. The third kappa shape index (κ3) is 2.70. The summed E-state index contributed by atoms with van der Waals surface area (Å²) in [4.78, 5) is 10.6. The van der Waals surface area contributed by atoms with Gasteiger partial charge in [-0.1, -0.05) is 23.8 Å². The van der Waals surface area contributed by atoms with E-state index in [1.807, 2.05) is 36.5 Å². The van der Waals surface area contributed by atoms with E-state index in [0.717, 1.165) is 27.6 Å². The Morgan fingerprint density at radius 2 is 1.96 bits per heavy atom. The third-order valence-electron chi connectivity index (χ3n) is 4.49. The van der Waals surface area contributed by atoms with Gasteiger partial charge in [-0.05, 0) is 53.8 Å². The van der Waals surface area contributed by atoms with Gasteiger partial charge in [-0.15, -0.1) is 16.4 Å². The average Bonchev–Trinajstić information content (AvgIpc) is 3.17. The van der Waals surface area contributed by atoms with Crippen LogP contribution in [-0.2, 0) is 0 Å². The molecule has 0 atom stereocenters. The van der Waals surface area contributed by atoms with Crippen molar-refractivity contribution in [2.45, 2.75) is 25.7 Å². The highest BCUT2D eigenvalue weighted by atomic mass is 32.1. The second-order valence-corrected chi connectivity index (χ2v) is 7.44. The molecule has 128 valence electrons. The zero-order valence-electron chi connectivity index (χ0n) is 14.2. The molecule has 0 saturated heterocycles. The number of nitrogens with zero attached hydrogens (tertiary/aromatic N) is 6. The summed E-state index contributed by atoms with van der Waals surface area (Å²) in [5.74, 6) is 2.07. The first kappa shape index (κ1) is 15.3. The third-order valence-corrected chi connectivity index (χ3v) is 5.37. The van der Waals surface area contributed by atoms with E-state index in [0.29, 0.717) is 11.7 Å². The van der Waals surface area contributed by atoms with E-state index in [1.54, 1.807) is 16.0 Å². The molecule has 5 rings (SSSR count). The van der Waals surface area contributed by atoms with Crippen LogP contribution >= 0.6 is 11.3 Å². The number of benzene rings is 1. The van der Waals surface area contributed by atoms with Crippen molar-refractivity contribution in [2.75, 3.05) is 0 Å². The zero-order chi connectivity index (χ0) is 17.5. The van der Waals surface area contributed by atoms with Gasteiger partial charge in [-0.2, -0.15) is 4.68 Å². The number of tetrazole rings is 1. The van der Waals surface area contributed by atoms with Crippen LogP contribution < -0.4 is 0 Å². The lowest BCUT2D eigenvalue weighted by Gasteiger charge is -2.09. The van der Waals surface area contributed by atoms with Gasteiger partial charge >= 0.3 is 0 Å². The van der Waals surface area contributed by atoms with Crippen LogP contribution in [0.1, 0.15) is 30.1 Å². The van der Waals surface area contributed by atoms with E-state index in [4.69, 9.17) is 4.98 Å². The molecule has 3 aromatic heterocycles. The lowest BCUT2D eigenvalue weighted by atomic mass is 10.1. The van der Waals surface area contributed by atoms with Gasteiger partial charge in [0.2, 0.25) is 0 Å². The molecule has 3 heterocycles. The maximum Gasteiger partial charge on any atom is 0.190 e. The van der Waals surface area contributed by atoms with Crippen molar-refractivity contribution in [3.8, 4) is 27.6 Å². The van der Waals surface area contributed by atoms with E-state index < -0.39 is 0 Å². The number of aryl methyl sites for hydroxylation is 1. The highest BCUT2D eigenvalue weighted by molar-refractivity contribution is 7.13. The van der Waals surface area contributed by atoms with Gasteiger partial charge in [0.15, 0.2) is 5.82 Å². The summed E-state index contributed by atoms with van der Waals surface area (Å²) in [5, 5.41) is 14.4. The van der Waals surface area contributed by atoms with Crippen LogP contribution in [0.4, 0.5) is 0 Å². The highest BCUT2D eigenvalue weighted by Gasteiger charge is 2.28. The van der Waals surface area contributed by atoms with Crippen molar-refractivity contribution in [3.63, 3.8) is 0 Å². The minimum atomic E-state index is 0.496. The number of rotatable bonds is 4. The van der Waals surface area contributed by atoms with Gasteiger partial charge in [0.05, 0.1) is 21.8 Å². The molecule has 1 aromatic carbocycles. The van der Waals surface area contributed by atoms with E-state index >= 15 is 0 Å². The molecule has 6 nitrogen and oxygen atoms in total. The number of hydrogen-bond donors (Lipinski definition) is 0. The zero-order valence-corrected chi connectivity index (χ0v) is 15.0. The smallest absolute Gasteiger partial charge is 0.190 e. The fourth-order valence-electron chi connectivity index (χ4n) is 2.91. The molecule has 26 heavy (non-hydrogen) atoms. The molecule has 0 amide bonds. The molecule has 4 aromatic rings. The summed E-state index contributed by atoms with van der Waals surface area (Å²) in [5.41, 5.74) is 3.86. The maximum absolute atomic E-state index is 4.87. The monoisotopic (exact) mass is 360 g/mol. The van der Waals surface area contributed by atoms with E-state index in [2.05, 4.69) is 38.9 Å². The van der Waals surface area contributed by atoms with Crippen molar-refractivity contribution in [1.29, 1.82) is 0 Å². The fourth-order valence-corrected chi connectivity index (χ4v) is 3.64. The molecule has 0 aliphatic heterocycles. The Bertz CT molecular complexity index is 1050. The summed E-state index contributed by atoms with van der Waals surface area (Å²) in [6, 6.07) is 12.2. The molecule has 1 aliphatic carbocycles. The molecule has 0 bridgehead atoms. The van der Waals surface area contributed by atoms with E-state index in [9.17, 15) is 0 Å². The Morgan fingerprint density at radius 1 is 1.12 bits per heavy atom. The predicted octanol–water partition coefficient (Wildman–Crippen LogP) is 4.03. The van der Waals surface area contributed by atoms with Crippen LogP contribution in [0, 0.1) is 6.92 Å². The van der Waals surface area contributed by atoms with Crippen molar-refractivity contribution in [1.82, 2.24) is 30.2 Å². The molecule has 1 aliphatic rings. The molecule has 1 saturated carbocycles. The lowest BCUT2D eigenvalue weighted by molar-refractivity contribution is 0.790. The number of hydrogen-bond acceptors (Lipinski definition) is 6. The Hall–Kier alpha value is -2.93. The van der Waals surface area contributed by atoms with Gasteiger partial charge < -0.3 is 0 Å². The maximum atomic E-state index is 4.87. The van der Waals surface area contributed by atoms with Crippen LogP contribution in [0.25, 0.3) is 27.6 Å². The molecule has 0 spiro atoms. The normalized spacial score (nSPS) is 13.9. The lowest BCUT2D eigenvalue weighted by Crippen LogP contribution is -2.03. The highest BCUT2D eigenvalue weighted by Crippen LogP contribution is 2.40.